The second kappa shape index (κ2) is 3.61. The first kappa shape index (κ1) is 9.51. The molecule has 0 aliphatic heterocycles. The van der Waals surface area contributed by atoms with E-state index in [1.54, 1.807) is 26.0 Å². The molecule has 2 rings (SSSR count). The van der Waals surface area contributed by atoms with E-state index in [2.05, 4.69) is 10.5 Å². The number of carbonyl (C=O) groups excluding carboxylic acids is 1. The molecule has 0 saturated carbocycles. The summed E-state index contributed by atoms with van der Waals surface area (Å²) in [5, 5.41) is 6.22. The van der Waals surface area contributed by atoms with Crippen molar-refractivity contribution in [3.8, 4) is 0 Å². The second-order valence-corrected chi connectivity index (χ2v) is 3.21. The van der Waals surface area contributed by atoms with Gasteiger partial charge in [-0.25, -0.2) is 0 Å². The molecule has 0 bridgehead atoms. The van der Waals surface area contributed by atoms with Gasteiger partial charge in [0.05, 0.1) is 6.26 Å². The number of carbonyl (C=O) groups is 1. The van der Waals surface area contributed by atoms with Gasteiger partial charge in [-0.2, -0.15) is 0 Å². The van der Waals surface area contributed by atoms with Crippen molar-refractivity contribution in [2.24, 2.45) is 0 Å². The molecule has 1 amide bonds. The monoisotopic (exact) mass is 206 g/mol. The summed E-state index contributed by atoms with van der Waals surface area (Å²) in [6, 6.07) is 3.36. The van der Waals surface area contributed by atoms with Gasteiger partial charge < -0.3 is 14.3 Å². The molecule has 0 fully saturated rings. The van der Waals surface area contributed by atoms with Crippen molar-refractivity contribution < 1.29 is 13.7 Å². The Morgan fingerprint density at radius 3 is 2.80 bits per heavy atom. The third-order valence-electron chi connectivity index (χ3n) is 1.94. The molecule has 2 aromatic rings. The quantitative estimate of drug-likeness (QED) is 0.817. The summed E-state index contributed by atoms with van der Waals surface area (Å²) in [5.74, 6) is 0.983. The minimum atomic E-state index is -0.328. The van der Waals surface area contributed by atoms with Crippen LogP contribution in [0.25, 0.3) is 0 Å². The molecule has 1 N–H and O–H groups in total. The highest BCUT2D eigenvalue weighted by molar-refractivity contribution is 6.02. The maximum atomic E-state index is 11.6. The second-order valence-electron chi connectivity index (χ2n) is 3.21. The lowest BCUT2D eigenvalue weighted by Gasteiger charge is -1.97. The molecule has 2 aromatic heterocycles. The van der Waals surface area contributed by atoms with Crippen LogP contribution in [0.4, 0.5) is 5.82 Å². The third-order valence-corrected chi connectivity index (χ3v) is 1.94. The molecular formula is C10H10N2O3. The molecule has 0 radical (unpaired) electrons. The van der Waals surface area contributed by atoms with Crippen molar-refractivity contribution in [1.82, 2.24) is 5.16 Å². The maximum Gasteiger partial charge on any atom is 0.292 e. The first-order chi connectivity index (χ1) is 7.16. The van der Waals surface area contributed by atoms with Crippen LogP contribution in [0.3, 0.4) is 0 Å². The molecule has 2 heterocycles. The number of nitrogens with one attached hydrogen (secondary N) is 1. The Morgan fingerprint density at radius 1 is 1.47 bits per heavy atom. The van der Waals surface area contributed by atoms with Gasteiger partial charge >= 0.3 is 0 Å². The Morgan fingerprint density at radius 2 is 2.27 bits per heavy atom. The van der Waals surface area contributed by atoms with Crippen LogP contribution in [0.2, 0.25) is 0 Å². The van der Waals surface area contributed by atoms with Crippen LogP contribution in [0, 0.1) is 13.8 Å². The Labute approximate surface area is 86.1 Å². The standard InChI is InChI=1S/C10H10N2O3/c1-6-3-4-14-9(6)10(13)11-8-5-7(2)15-12-8/h3-5H,1-2H3,(H,11,12,13). The molecule has 0 aliphatic rings. The maximum absolute atomic E-state index is 11.6. The molecule has 5 nitrogen and oxygen atoms in total. The number of amides is 1. The molecule has 0 aliphatic carbocycles. The number of furan rings is 1. The summed E-state index contributed by atoms with van der Waals surface area (Å²) < 4.78 is 9.85. The van der Waals surface area contributed by atoms with E-state index in [9.17, 15) is 4.79 Å². The minimum Gasteiger partial charge on any atom is -0.459 e. The smallest absolute Gasteiger partial charge is 0.292 e. The van der Waals surface area contributed by atoms with Crippen molar-refractivity contribution >= 4 is 11.7 Å². The number of aryl methyl sites for hydroxylation is 2. The molecule has 15 heavy (non-hydrogen) atoms. The Kier molecular flexibility index (Phi) is 2.29. The predicted molar refractivity (Wildman–Crippen MR) is 52.6 cm³/mol. The van der Waals surface area contributed by atoms with Gasteiger partial charge in [-0.05, 0) is 19.9 Å². The average Bonchev–Trinajstić information content (AvgIpc) is 2.75. The Balaban J connectivity index is 2.14. The topological polar surface area (TPSA) is 68.3 Å². The van der Waals surface area contributed by atoms with Gasteiger partial charge in [-0.15, -0.1) is 0 Å². The van der Waals surface area contributed by atoms with E-state index >= 15 is 0 Å². The van der Waals surface area contributed by atoms with E-state index in [1.165, 1.54) is 6.26 Å². The fourth-order valence-electron chi connectivity index (χ4n) is 1.20. The number of aromatic nitrogens is 1. The minimum absolute atomic E-state index is 0.288. The van der Waals surface area contributed by atoms with Crippen LogP contribution in [0.1, 0.15) is 21.9 Å². The number of nitrogens with zero attached hydrogens (tertiary/aromatic N) is 1. The van der Waals surface area contributed by atoms with Gasteiger partial charge in [0.1, 0.15) is 5.76 Å². The van der Waals surface area contributed by atoms with E-state index in [1.807, 2.05) is 0 Å². The zero-order chi connectivity index (χ0) is 10.8. The van der Waals surface area contributed by atoms with E-state index in [0.29, 0.717) is 11.6 Å². The molecule has 0 unspecified atom stereocenters. The lowest BCUT2D eigenvalue weighted by atomic mass is 10.3. The van der Waals surface area contributed by atoms with Crippen LogP contribution < -0.4 is 5.32 Å². The fourth-order valence-corrected chi connectivity index (χ4v) is 1.20. The number of rotatable bonds is 2. The van der Waals surface area contributed by atoms with Gasteiger partial charge in [-0.1, -0.05) is 5.16 Å². The van der Waals surface area contributed by atoms with Crippen LogP contribution in [0.15, 0.2) is 27.3 Å². The normalized spacial score (nSPS) is 10.3. The van der Waals surface area contributed by atoms with Crippen LogP contribution in [0.5, 0.6) is 0 Å². The molecule has 0 atom stereocenters. The highest BCUT2D eigenvalue weighted by atomic mass is 16.5. The van der Waals surface area contributed by atoms with Gasteiger partial charge in [-0.3, -0.25) is 4.79 Å². The molecule has 5 heteroatoms. The van der Waals surface area contributed by atoms with E-state index in [4.69, 9.17) is 8.94 Å². The summed E-state index contributed by atoms with van der Waals surface area (Å²) in [6.45, 7) is 3.55. The van der Waals surface area contributed by atoms with Crippen LogP contribution in [-0.2, 0) is 0 Å². The average molecular weight is 206 g/mol. The zero-order valence-electron chi connectivity index (χ0n) is 8.40. The van der Waals surface area contributed by atoms with E-state index < -0.39 is 0 Å². The lowest BCUT2D eigenvalue weighted by molar-refractivity contribution is 0.0995. The van der Waals surface area contributed by atoms with Gasteiger partial charge in [0.15, 0.2) is 11.6 Å². The molecule has 0 aromatic carbocycles. The van der Waals surface area contributed by atoms with Crippen LogP contribution >= 0.6 is 0 Å². The summed E-state index contributed by atoms with van der Waals surface area (Å²) in [4.78, 5) is 11.6. The molecular weight excluding hydrogens is 196 g/mol. The molecule has 0 saturated heterocycles. The van der Waals surface area contributed by atoms with E-state index in [-0.39, 0.29) is 11.7 Å². The molecule has 78 valence electrons. The van der Waals surface area contributed by atoms with Crippen molar-refractivity contribution in [3.63, 3.8) is 0 Å². The highest BCUT2D eigenvalue weighted by Crippen LogP contribution is 2.12. The van der Waals surface area contributed by atoms with Crippen molar-refractivity contribution in [1.29, 1.82) is 0 Å². The molecule has 0 spiro atoms. The predicted octanol–water partition coefficient (Wildman–Crippen LogP) is 2.14. The Hall–Kier alpha value is -2.04. The number of hydrogen-bond acceptors (Lipinski definition) is 4. The van der Waals surface area contributed by atoms with Gasteiger partial charge in [0.25, 0.3) is 5.91 Å². The van der Waals surface area contributed by atoms with Crippen molar-refractivity contribution in [3.05, 3.63) is 35.5 Å². The highest BCUT2D eigenvalue weighted by Gasteiger charge is 2.14. The largest absolute Gasteiger partial charge is 0.459 e. The Bertz CT molecular complexity index is 484. The number of anilines is 1. The lowest BCUT2D eigenvalue weighted by Crippen LogP contribution is -2.12. The first-order valence-corrected chi connectivity index (χ1v) is 4.45. The van der Waals surface area contributed by atoms with Crippen molar-refractivity contribution in [2.45, 2.75) is 13.8 Å². The summed E-state index contributed by atoms with van der Waals surface area (Å²) in [7, 11) is 0. The number of hydrogen-bond donors (Lipinski definition) is 1. The van der Waals surface area contributed by atoms with E-state index in [0.717, 1.165) is 5.56 Å². The first-order valence-electron chi connectivity index (χ1n) is 4.45. The van der Waals surface area contributed by atoms with Crippen molar-refractivity contribution in [2.75, 3.05) is 5.32 Å². The van der Waals surface area contributed by atoms with Gasteiger partial charge in [0.2, 0.25) is 0 Å². The van der Waals surface area contributed by atoms with Gasteiger partial charge in [0, 0.05) is 11.6 Å². The fraction of sp³-hybridized carbons (Fsp3) is 0.200. The summed E-state index contributed by atoms with van der Waals surface area (Å²) in [6.07, 6.45) is 1.47. The third kappa shape index (κ3) is 1.90. The summed E-state index contributed by atoms with van der Waals surface area (Å²) in [5.41, 5.74) is 0.785. The zero-order valence-corrected chi connectivity index (χ0v) is 8.40. The van der Waals surface area contributed by atoms with Crippen LogP contribution in [-0.4, -0.2) is 11.1 Å². The summed E-state index contributed by atoms with van der Waals surface area (Å²) >= 11 is 0. The SMILES string of the molecule is Cc1cc(NC(=O)c2occc2C)no1.